The maximum atomic E-state index is 11.3. The zero-order chi connectivity index (χ0) is 12.1. The quantitative estimate of drug-likeness (QED) is 0.899. The lowest BCUT2D eigenvalue weighted by atomic mass is 10.2. The van der Waals surface area contributed by atoms with Gasteiger partial charge in [-0.3, -0.25) is 9.59 Å². The van der Waals surface area contributed by atoms with Crippen molar-refractivity contribution in [2.24, 2.45) is 0 Å². The van der Waals surface area contributed by atoms with E-state index in [1.165, 1.54) is 0 Å². The molecule has 0 saturated carbocycles. The molecule has 0 radical (unpaired) electrons. The molecule has 0 aliphatic rings. The second-order valence-electron chi connectivity index (χ2n) is 3.07. The third-order valence-electron chi connectivity index (χ3n) is 1.77. The van der Waals surface area contributed by atoms with Crippen LogP contribution in [-0.4, -0.2) is 17.0 Å². The number of nitrogens with one attached hydrogen (secondary N) is 1. The van der Waals surface area contributed by atoms with E-state index in [2.05, 4.69) is 21.2 Å². The minimum atomic E-state index is -1.00. The lowest BCUT2D eigenvalue weighted by Crippen LogP contribution is -2.13. The third kappa shape index (κ3) is 4.20. The molecule has 0 aromatic heterocycles. The second-order valence-corrected chi connectivity index (χ2v) is 4.39. The highest BCUT2D eigenvalue weighted by Crippen LogP contribution is 2.25. The predicted molar refractivity (Wildman–Crippen MR) is 64.7 cm³/mol. The van der Waals surface area contributed by atoms with Crippen LogP contribution in [0.2, 0.25) is 5.02 Å². The van der Waals surface area contributed by atoms with Crippen LogP contribution in [0, 0.1) is 0 Å². The van der Waals surface area contributed by atoms with Crippen LogP contribution >= 0.6 is 27.5 Å². The van der Waals surface area contributed by atoms with Crippen molar-refractivity contribution < 1.29 is 14.7 Å². The summed E-state index contributed by atoms with van der Waals surface area (Å²) in [6.45, 7) is 0. The van der Waals surface area contributed by atoms with E-state index < -0.39 is 5.97 Å². The highest BCUT2D eigenvalue weighted by molar-refractivity contribution is 9.10. The maximum absolute atomic E-state index is 11.3. The molecule has 0 heterocycles. The Labute approximate surface area is 106 Å². The number of carboxylic acids is 1. The fraction of sp³-hybridized carbons (Fsp3) is 0.200. The first-order valence-electron chi connectivity index (χ1n) is 4.45. The Balaban J connectivity index is 2.62. The average molecular weight is 307 g/mol. The molecule has 0 aliphatic heterocycles. The molecule has 6 heteroatoms. The number of benzene rings is 1. The van der Waals surface area contributed by atoms with Crippen molar-refractivity contribution in [3.8, 4) is 0 Å². The summed E-state index contributed by atoms with van der Waals surface area (Å²) in [7, 11) is 0. The summed E-state index contributed by atoms with van der Waals surface area (Å²) >= 11 is 9.10. The van der Waals surface area contributed by atoms with Crippen LogP contribution < -0.4 is 5.32 Å². The maximum Gasteiger partial charge on any atom is 0.303 e. The molecule has 1 aromatic carbocycles. The highest BCUT2D eigenvalue weighted by atomic mass is 79.9. The van der Waals surface area contributed by atoms with Gasteiger partial charge in [0.25, 0.3) is 0 Å². The molecule has 0 fully saturated rings. The Morgan fingerprint density at radius 3 is 2.69 bits per heavy atom. The zero-order valence-electron chi connectivity index (χ0n) is 8.17. The van der Waals surface area contributed by atoms with E-state index >= 15 is 0 Å². The fourth-order valence-electron chi connectivity index (χ4n) is 1.03. The summed E-state index contributed by atoms with van der Waals surface area (Å²) in [4.78, 5) is 21.6. The highest BCUT2D eigenvalue weighted by Gasteiger charge is 2.08. The zero-order valence-corrected chi connectivity index (χ0v) is 10.5. The Morgan fingerprint density at radius 2 is 2.06 bits per heavy atom. The predicted octanol–water partition coefficient (Wildman–Crippen LogP) is 2.91. The van der Waals surface area contributed by atoms with E-state index in [0.717, 1.165) is 4.47 Å². The summed E-state index contributed by atoms with van der Waals surface area (Å²) in [5.74, 6) is -1.38. The van der Waals surface area contributed by atoms with Crippen LogP contribution in [0.5, 0.6) is 0 Å². The summed E-state index contributed by atoms with van der Waals surface area (Å²) in [6.07, 6.45) is -0.268. The molecule has 1 aromatic rings. The van der Waals surface area contributed by atoms with Crippen LogP contribution in [0.1, 0.15) is 12.8 Å². The van der Waals surface area contributed by atoms with Crippen LogP contribution in [0.3, 0.4) is 0 Å². The summed E-state index contributed by atoms with van der Waals surface area (Å²) < 4.78 is 0.783. The number of rotatable bonds is 4. The summed E-state index contributed by atoms with van der Waals surface area (Å²) in [5, 5.41) is 11.4. The number of halogens is 2. The van der Waals surface area contributed by atoms with Gasteiger partial charge in [-0.05, 0) is 18.2 Å². The van der Waals surface area contributed by atoms with Crippen molar-refractivity contribution in [3.05, 3.63) is 27.7 Å². The number of aliphatic carboxylic acids is 1. The first kappa shape index (κ1) is 13.0. The first-order valence-corrected chi connectivity index (χ1v) is 5.63. The fourth-order valence-corrected chi connectivity index (χ4v) is 1.55. The third-order valence-corrected chi connectivity index (χ3v) is 2.59. The molecule has 16 heavy (non-hydrogen) atoms. The minimum Gasteiger partial charge on any atom is -0.481 e. The number of hydrogen-bond donors (Lipinski definition) is 2. The van der Waals surface area contributed by atoms with Gasteiger partial charge in [0, 0.05) is 10.9 Å². The number of carbonyl (C=O) groups excluding carboxylic acids is 1. The molecular weight excluding hydrogens is 297 g/mol. The number of carboxylic acid groups (broad SMARTS) is 1. The first-order chi connectivity index (χ1) is 7.49. The van der Waals surface area contributed by atoms with E-state index in [4.69, 9.17) is 16.7 Å². The molecule has 1 amide bonds. The molecule has 86 valence electrons. The van der Waals surface area contributed by atoms with E-state index in [0.29, 0.717) is 10.7 Å². The topological polar surface area (TPSA) is 66.4 Å². The van der Waals surface area contributed by atoms with Gasteiger partial charge in [-0.15, -0.1) is 0 Å². The summed E-state index contributed by atoms with van der Waals surface area (Å²) in [6, 6.07) is 5.04. The van der Waals surface area contributed by atoms with Crippen molar-refractivity contribution in [2.75, 3.05) is 5.32 Å². The lowest BCUT2D eigenvalue weighted by Gasteiger charge is -2.06. The van der Waals surface area contributed by atoms with Crippen molar-refractivity contribution in [3.63, 3.8) is 0 Å². The Morgan fingerprint density at radius 1 is 1.38 bits per heavy atom. The molecule has 2 N–H and O–H groups in total. The molecule has 0 saturated heterocycles. The monoisotopic (exact) mass is 305 g/mol. The van der Waals surface area contributed by atoms with Crippen LogP contribution in [-0.2, 0) is 9.59 Å². The van der Waals surface area contributed by atoms with Gasteiger partial charge < -0.3 is 10.4 Å². The van der Waals surface area contributed by atoms with Crippen molar-refractivity contribution in [1.29, 1.82) is 0 Å². The van der Waals surface area contributed by atoms with Crippen LogP contribution in [0.25, 0.3) is 0 Å². The molecule has 0 unspecified atom stereocenters. The smallest absolute Gasteiger partial charge is 0.303 e. The van der Waals surface area contributed by atoms with Gasteiger partial charge in [0.1, 0.15) is 0 Å². The van der Waals surface area contributed by atoms with Gasteiger partial charge in [-0.25, -0.2) is 0 Å². The van der Waals surface area contributed by atoms with Crippen molar-refractivity contribution >= 4 is 45.1 Å². The molecule has 0 bridgehead atoms. The largest absolute Gasteiger partial charge is 0.481 e. The van der Waals surface area contributed by atoms with Gasteiger partial charge in [-0.1, -0.05) is 27.5 Å². The Bertz CT molecular complexity index is 423. The van der Waals surface area contributed by atoms with Crippen molar-refractivity contribution in [1.82, 2.24) is 0 Å². The molecule has 0 aliphatic carbocycles. The molecule has 0 spiro atoms. The molecule has 0 atom stereocenters. The van der Waals surface area contributed by atoms with Gasteiger partial charge in [-0.2, -0.15) is 0 Å². The van der Waals surface area contributed by atoms with Gasteiger partial charge in [0.05, 0.1) is 17.1 Å². The van der Waals surface area contributed by atoms with Crippen LogP contribution in [0.4, 0.5) is 5.69 Å². The number of carbonyl (C=O) groups is 2. The molecular formula is C10H9BrClNO3. The second kappa shape index (κ2) is 5.86. The SMILES string of the molecule is O=C(O)CCC(=O)Nc1cc(Br)ccc1Cl. The minimum absolute atomic E-state index is 0.0713. The average Bonchev–Trinajstić information content (AvgIpc) is 2.20. The Kier molecular flexibility index (Phi) is 4.76. The van der Waals surface area contributed by atoms with E-state index in [-0.39, 0.29) is 18.7 Å². The molecule has 1 rings (SSSR count). The van der Waals surface area contributed by atoms with E-state index in [1.54, 1.807) is 18.2 Å². The number of amides is 1. The van der Waals surface area contributed by atoms with Gasteiger partial charge in [0.15, 0.2) is 0 Å². The van der Waals surface area contributed by atoms with Gasteiger partial charge >= 0.3 is 5.97 Å². The Hall–Kier alpha value is -1.07. The normalized spacial score (nSPS) is 9.88. The summed E-state index contributed by atoms with van der Waals surface area (Å²) in [5.41, 5.74) is 0.464. The van der Waals surface area contributed by atoms with Gasteiger partial charge in [0.2, 0.25) is 5.91 Å². The molecule has 4 nitrogen and oxygen atoms in total. The van der Waals surface area contributed by atoms with E-state index in [1.807, 2.05) is 0 Å². The number of anilines is 1. The standard InChI is InChI=1S/C10H9BrClNO3/c11-6-1-2-7(12)8(5-6)13-9(14)3-4-10(15)16/h1-2,5H,3-4H2,(H,13,14)(H,15,16). The number of hydrogen-bond acceptors (Lipinski definition) is 2. The van der Waals surface area contributed by atoms with E-state index in [9.17, 15) is 9.59 Å². The van der Waals surface area contributed by atoms with Crippen LogP contribution in [0.15, 0.2) is 22.7 Å². The lowest BCUT2D eigenvalue weighted by molar-refractivity contribution is -0.138. The van der Waals surface area contributed by atoms with Crippen molar-refractivity contribution in [2.45, 2.75) is 12.8 Å².